The van der Waals surface area contributed by atoms with Crippen LogP contribution in [0.5, 0.6) is 0 Å². The molecule has 1 aromatic rings. The van der Waals surface area contributed by atoms with E-state index >= 15 is 0 Å². The highest BCUT2D eigenvalue weighted by molar-refractivity contribution is 5.66. The Labute approximate surface area is 100 Å². The number of hydrogen-bond donors (Lipinski definition) is 1. The van der Waals surface area contributed by atoms with Crippen LogP contribution in [0.25, 0.3) is 0 Å². The maximum Gasteiger partial charge on any atom is 0.303 e. The molecule has 94 valence electrons. The van der Waals surface area contributed by atoms with Crippen molar-refractivity contribution in [2.75, 3.05) is 0 Å². The van der Waals surface area contributed by atoms with Crippen molar-refractivity contribution in [3.8, 4) is 0 Å². The van der Waals surface area contributed by atoms with Crippen LogP contribution in [-0.4, -0.2) is 21.2 Å². The van der Waals surface area contributed by atoms with Crippen molar-refractivity contribution >= 4 is 5.97 Å². The number of nitrogens with zero attached hydrogens (tertiary/aromatic N) is 2. The largest absolute Gasteiger partial charge is 0.481 e. The maximum atomic E-state index is 10.3. The Kier molecular flexibility index (Phi) is 4.12. The molecular formula is C12H18N2O3. The molecule has 2 rings (SSSR count). The number of hydrogen-bond acceptors (Lipinski definition) is 4. The molecule has 0 bridgehead atoms. The Morgan fingerprint density at radius 3 is 2.82 bits per heavy atom. The zero-order valence-electron chi connectivity index (χ0n) is 9.89. The number of carboxylic acid groups (broad SMARTS) is 1. The topological polar surface area (TPSA) is 76.2 Å². The van der Waals surface area contributed by atoms with Crippen LogP contribution in [0.2, 0.25) is 0 Å². The van der Waals surface area contributed by atoms with Gasteiger partial charge in [0.25, 0.3) is 0 Å². The lowest BCUT2D eigenvalue weighted by molar-refractivity contribution is -0.137. The van der Waals surface area contributed by atoms with Gasteiger partial charge in [0.05, 0.1) is 0 Å². The van der Waals surface area contributed by atoms with Gasteiger partial charge in [0.15, 0.2) is 5.82 Å². The molecule has 0 spiro atoms. The van der Waals surface area contributed by atoms with E-state index < -0.39 is 5.97 Å². The number of aliphatic carboxylic acids is 1. The van der Waals surface area contributed by atoms with Gasteiger partial charge >= 0.3 is 5.97 Å². The molecule has 1 saturated carbocycles. The normalized spacial score (nSPS) is 16.5. The minimum Gasteiger partial charge on any atom is -0.481 e. The predicted molar refractivity (Wildman–Crippen MR) is 60.7 cm³/mol. The van der Waals surface area contributed by atoms with E-state index in [1.165, 1.54) is 12.8 Å². The van der Waals surface area contributed by atoms with Crippen molar-refractivity contribution in [1.82, 2.24) is 10.1 Å². The van der Waals surface area contributed by atoms with Crippen LogP contribution < -0.4 is 0 Å². The summed E-state index contributed by atoms with van der Waals surface area (Å²) >= 11 is 0. The van der Waals surface area contributed by atoms with E-state index in [1.54, 1.807) is 0 Å². The van der Waals surface area contributed by atoms with Crippen LogP contribution in [0, 0.1) is 0 Å². The molecule has 1 aliphatic rings. The number of rotatable bonds is 6. The van der Waals surface area contributed by atoms with E-state index in [9.17, 15) is 4.79 Å². The summed E-state index contributed by atoms with van der Waals surface area (Å²) in [5.74, 6) is 1.22. The smallest absolute Gasteiger partial charge is 0.303 e. The summed E-state index contributed by atoms with van der Waals surface area (Å²) in [6.45, 7) is 0. The Balaban J connectivity index is 1.75. The van der Waals surface area contributed by atoms with Crippen LogP contribution in [0.4, 0.5) is 0 Å². The number of aryl methyl sites for hydroxylation is 1. The predicted octanol–water partition coefficient (Wildman–Crippen LogP) is 2.52. The summed E-state index contributed by atoms with van der Waals surface area (Å²) in [5.41, 5.74) is 0. The van der Waals surface area contributed by atoms with E-state index in [0.29, 0.717) is 24.7 Å². The van der Waals surface area contributed by atoms with Gasteiger partial charge in [-0.1, -0.05) is 18.0 Å². The molecule has 5 heteroatoms. The molecule has 17 heavy (non-hydrogen) atoms. The summed E-state index contributed by atoms with van der Waals surface area (Å²) in [4.78, 5) is 14.7. The molecule has 1 N–H and O–H groups in total. The lowest BCUT2D eigenvalue weighted by atomic mass is 10.1. The van der Waals surface area contributed by atoms with Crippen LogP contribution in [0.15, 0.2) is 4.52 Å². The highest BCUT2D eigenvalue weighted by atomic mass is 16.5. The molecule has 0 aliphatic heterocycles. The third-order valence-corrected chi connectivity index (χ3v) is 3.24. The lowest BCUT2D eigenvalue weighted by Gasteiger charge is -1.99. The molecule has 0 saturated heterocycles. The first-order chi connectivity index (χ1) is 8.25. The van der Waals surface area contributed by atoms with Gasteiger partial charge in [-0.05, 0) is 25.7 Å². The molecule has 0 atom stereocenters. The standard InChI is InChI=1S/C12H18N2O3/c15-11(16)8-4-3-7-10-13-12(14-17-10)9-5-1-2-6-9/h9H,1-8H2,(H,15,16). The Hall–Kier alpha value is -1.39. The molecule has 1 aliphatic carbocycles. The summed E-state index contributed by atoms with van der Waals surface area (Å²) in [6.07, 6.45) is 7.20. The fraction of sp³-hybridized carbons (Fsp3) is 0.750. The Morgan fingerprint density at radius 2 is 2.12 bits per heavy atom. The molecule has 0 amide bonds. The fourth-order valence-electron chi connectivity index (χ4n) is 2.27. The average Bonchev–Trinajstić information content (AvgIpc) is 2.94. The summed E-state index contributed by atoms with van der Waals surface area (Å²) in [5, 5.41) is 12.5. The van der Waals surface area contributed by atoms with Crippen molar-refractivity contribution < 1.29 is 14.4 Å². The van der Waals surface area contributed by atoms with Gasteiger partial charge in [-0.15, -0.1) is 0 Å². The van der Waals surface area contributed by atoms with Crippen molar-refractivity contribution in [2.24, 2.45) is 0 Å². The van der Waals surface area contributed by atoms with Gasteiger partial charge in [0.2, 0.25) is 5.89 Å². The second-order valence-electron chi connectivity index (χ2n) is 4.63. The quantitative estimate of drug-likeness (QED) is 0.770. The van der Waals surface area contributed by atoms with Crippen molar-refractivity contribution in [1.29, 1.82) is 0 Å². The number of unbranched alkanes of at least 4 members (excludes halogenated alkanes) is 1. The second-order valence-corrected chi connectivity index (χ2v) is 4.63. The Bertz CT molecular complexity index is 370. The first kappa shape index (κ1) is 12.1. The van der Waals surface area contributed by atoms with Crippen LogP contribution in [-0.2, 0) is 11.2 Å². The minimum absolute atomic E-state index is 0.212. The monoisotopic (exact) mass is 238 g/mol. The number of aromatic nitrogens is 2. The van der Waals surface area contributed by atoms with Gasteiger partial charge in [-0.25, -0.2) is 0 Å². The van der Waals surface area contributed by atoms with E-state index in [-0.39, 0.29) is 6.42 Å². The molecule has 1 aromatic heterocycles. The van der Waals surface area contributed by atoms with Crippen LogP contribution in [0.1, 0.15) is 62.6 Å². The minimum atomic E-state index is -0.748. The van der Waals surface area contributed by atoms with Gasteiger partial charge < -0.3 is 9.63 Å². The zero-order chi connectivity index (χ0) is 12.1. The first-order valence-electron chi connectivity index (χ1n) is 6.30. The molecule has 5 nitrogen and oxygen atoms in total. The SMILES string of the molecule is O=C(O)CCCCc1nc(C2CCCC2)no1. The molecular weight excluding hydrogens is 220 g/mol. The molecule has 0 radical (unpaired) electrons. The zero-order valence-corrected chi connectivity index (χ0v) is 9.89. The highest BCUT2D eigenvalue weighted by Crippen LogP contribution is 2.32. The average molecular weight is 238 g/mol. The molecule has 0 aromatic carbocycles. The van der Waals surface area contributed by atoms with Crippen LogP contribution in [0.3, 0.4) is 0 Å². The van der Waals surface area contributed by atoms with Gasteiger partial charge in [-0.3, -0.25) is 4.79 Å². The third-order valence-electron chi connectivity index (χ3n) is 3.24. The van der Waals surface area contributed by atoms with E-state index in [2.05, 4.69) is 10.1 Å². The first-order valence-corrected chi connectivity index (χ1v) is 6.30. The van der Waals surface area contributed by atoms with E-state index in [1.807, 2.05) is 0 Å². The maximum absolute atomic E-state index is 10.3. The Morgan fingerprint density at radius 1 is 1.35 bits per heavy atom. The van der Waals surface area contributed by atoms with Gasteiger partial charge in [-0.2, -0.15) is 4.98 Å². The van der Waals surface area contributed by atoms with Crippen molar-refractivity contribution in [3.05, 3.63) is 11.7 Å². The fourth-order valence-corrected chi connectivity index (χ4v) is 2.27. The summed E-state index contributed by atoms with van der Waals surface area (Å²) in [6, 6.07) is 0. The highest BCUT2D eigenvalue weighted by Gasteiger charge is 2.22. The van der Waals surface area contributed by atoms with E-state index in [0.717, 1.165) is 25.1 Å². The van der Waals surface area contributed by atoms with Gasteiger partial charge in [0.1, 0.15) is 0 Å². The number of carbonyl (C=O) groups is 1. The van der Waals surface area contributed by atoms with E-state index in [4.69, 9.17) is 9.63 Å². The third kappa shape index (κ3) is 3.54. The number of carboxylic acids is 1. The van der Waals surface area contributed by atoms with Gasteiger partial charge in [0, 0.05) is 18.8 Å². The summed E-state index contributed by atoms with van der Waals surface area (Å²) < 4.78 is 5.18. The molecule has 1 fully saturated rings. The second kappa shape index (κ2) is 5.80. The molecule has 1 heterocycles. The van der Waals surface area contributed by atoms with Crippen LogP contribution >= 0.6 is 0 Å². The lowest BCUT2D eigenvalue weighted by Crippen LogP contribution is -1.96. The summed E-state index contributed by atoms with van der Waals surface area (Å²) in [7, 11) is 0. The van der Waals surface area contributed by atoms with Crippen molar-refractivity contribution in [3.63, 3.8) is 0 Å². The molecule has 0 unspecified atom stereocenters. The van der Waals surface area contributed by atoms with Crippen molar-refractivity contribution in [2.45, 2.75) is 57.3 Å².